The van der Waals surface area contributed by atoms with E-state index < -0.39 is 17.9 Å². The molecule has 0 aliphatic heterocycles. The van der Waals surface area contributed by atoms with Crippen molar-refractivity contribution in [3.05, 3.63) is 34.9 Å². The van der Waals surface area contributed by atoms with E-state index in [1.165, 1.54) is 28.4 Å². The number of carbonyl (C=O) groups is 2. The number of methoxy groups -OCH3 is 4. The molecule has 1 aliphatic rings. The van der Waals surface area contributed by atoms with Crippen LogP contribution in [0.1, 0.15) is 30.9 Å². The first-order chi connectivity index (χ1) is 12.9. The van der Waals surface area contributed by atoms with Gasteiger partial charge in [-0.3, -0.25) is 0 Å². The lowest BCUT2D eigenvalue weighted by molar-refractivity contribution is -0.138. The summed E-state index contributed by atoms with van der Waals surface area (Å²) in [5, 5.41) is 0. The molecule has 0 saturated carbocycles. The van der Waals surface area contributed by atoms with Crippen molar-refractivity contribution >= 4 is 17.5 Å². The first-order valence-electron chi connectivity index (χ1n) is 8.35. The lowest BCUT2D eigenvalue weighted by atomic mass is 9.88. The van der Waals surface area contributed by atoms with Crippen molar-refractivity contribution < 1.29 is 33.3 Å². The van der Waals surface area contributed by atoms with Gasteiger partial charge < -0.3 is 23.7 Å². The molecule has 0 heterocycles. The number of ether oxygens (including phenoxy) is 5. The fourth-order valence-corrected chi connectivity index (χ4v) is 3.39. The molecule has 7 heteroatoms. The van der Waals surface area contributed by atoms with Gasteiger partial charge in [-0.1, -0.05) is 6.58 Å². The Labute approximate surface area is 158 Å². The van der Waals surface area contributed by atoms with Crippen molar-refractivity contribution in [2.45, 2.75) is 19.8 Å². The Morgan fingerprint density at radius 3 is 2.19 bits per heavy atom. The minimum absolute atomic E-state index is 0.118. The summed E-state index contributed by atoms with van der Waals surface area (Å²) in [7, 11) is 5.75. The standard InChI is InChI=1S/C20H24O7/c1-8-27-20(22)16-10(2)15-12(14(16)11(3)19(21)26-7)9-13(23-4)17(24-5)18(15)25-6/h9,14H,3,8H2,1-2,4-7H3. The molecule has 1 aromatic rings. The van der Waals surface area contributed by atoms with Crippen LogP contribution in [0.4, 0.5) is 0 Å². The van der Waals surface area contributed by atoms with E-state index in [0.717, 1.165) is 0 Å². The fourth-order valence-electron chi connectivity index (χ4n) is 3.39. The zero-order valence-corrected chi connectivity index (χ0v) is 16.4. The summed E-state index contributed by atoms with van der Waals surface area (Å²) in [6.07, 6.45) is 0. The number of allylic oxidation sites excluding steroid dienone is 1. The Kier molecular flexibility index (Phi) is 6.15. The Bertz CT molecular complexity index is 820. The lowest BCUT2D eigenvalue weighted by Crippen LogP contribution is -2.18. The van der Waals surface area contributed by atoms with Crippen LogP contribution >= 0.6 is 0 Å². The van der Waals surface area contributed by atoms with E-state index in [9.17, 15) is 9.59 Å². The average Bonchev–Trinajstić information content (AvgIpc) is 2.97. The smallest absolute Gasteiger partial charge is 0.335 e. The maximum absolute atomic E-state index is 12.7. The van der Waals surface area contributed by atoms with Gasteiger partial charge in [0.1, 0.15) is 0 Å². The molecule has 1 aromatic carbocycles. The summed E-state index contributed by atoms with van der Waals surface area (Å²) in [4.78, 5) is 24.9. The van der Waals surface area contributed by atoms with Crippen molar-refractivity contribution in [3.8, 4) is 17.2 Å². The van der Waals surface area contributed by atoms with E-state index in [1.807, 2.05) is 0 Å². The maximum Gasteiger partial charge on any atom is 0.335 e. The van der Waals surface area contributed by atoms with Crippen molar-refractivity contribution in [2.24, 2.45) is 0 Å². The van der Waals surface area contributed by atoms with Crippen LogP contribution in [0.25, 0.3) is 5.57 Å². The van der Waals surface area contributed by atoms with Crippen LogP contribution in [0.15, 0.2) is 23.8 Å². The third-order valence-electron chi connectivity index (χ3n) is 4.53. The molecule has 0 radical (unpaired) electrons. The van der Waals surface area contributed by atoms with Gasteiger partial charge in [0.25, 0.3) is 0 Å². The second-order valence-corrected chi connectivity index (χ2v) is 5.82. The SMILES string of the molecule is C=C(C(=O)OC)C1C(C(=O)OCC)=C(C)c2c1cc(OC)c(OC)c2OC. The molecule has 146 valence electrons. The largest absolute Gasteiger partial charge is 0.493 e. The molecule has 0 amide bonds. The van der Waals surface area contributed by atoms with Gasteiger partial charge in [-0.2, -0.15) is 0 Å². The number of rotatable bonds is 7. The molecule has 0 aromatic heterocycles. The first-order valence-corrected chi connectivity index (χ1v) is 8.35. The van der Waals surface area contributed by atoms with Crippen LogP contribution in [0.2, 0.25) is 0 Å². The monoisotopic (exact) mass is 376 g/mol. The number of hydrogen-bond acceptors (Lipinski definition) is 7. The van der Waals surface area contributed by atoms with Crippen LogP contribution in [0.3, 0.4) is 0 Å². The van der Waals surface area contributed by atoms with E-state index >= 15 is 0 Å². The van der Waals surface area contributed by atoms with Crippen LogP contribution < -0.4 is 14.2 Å². The zero-order valence-electron chi connectivity index (χ0n) is 16.4. The van der Waals surface area contributed by atoms with E-state index in [2.05, 4.69) is 6.58 Å². The fraction of sp³-hybridized carbons (Fsp3) is 0.400. The molecule has 27 heavy (non-hydrogen) atoms. The van der Waals surface area contributed by atoms with Gasteiger partial charge in [-0.15, -0.1) is 0 Å². The lowest BCUT2D eigenvalue weighted by Gasteiger charge is -2.20. The summed E-state index contributed by atoms with van der Waals surface area (Å²) in [6.45, 7) is 7.54. The molecule has 0 saturated heterocycles. The molecule has 1 atom stereocenters. The minimum Gasteiger partial charge on any atom is -0.493 e. The Balaban J connectivity index is 2.83. The van der Waals surface area contributed by atoms with Crippen molar-refractivity contribution in [1.29, 1.82) is 0 Å². The topological polar surface area (TPSA) is 80.3 Å². The van der Waals surface area contributed by atoms with Gasteiger partial charge in [-0.05, 0) is 31.1 Å². The van der Waals surface area contributed by atoms with Gasteiger partial charge in [0.15, 0.2) is 11.5 Å². The normalized spacial score (nSPS) is 15.1. The quantitative estimate of drug-likeness (QED) is 0.535. The van der Waals surface area contributed by atoms with E-state index in [1.54, 1.807) is 19.9 Å². The van der Waals surface area contributed by atoms with E-state index in [-0.39, 0.29) is 12.2 Å². The van der Waals surface area contributed by atoms with Gasteiger partial charge in [0.05, 0.1) is 40.6 Å². The highest BCUT2D eigenvalue weighted by molar-refractivity contribution is 6.07. The molecule has 7 nitrogen and oxygen atoms in total. The molecular formula is C20H24O7. The highest BCUT2D eigenvalue weighted by atomic mass is 16.5. The summed E-state index contributed by atoms with van der Waals surface area (Å²) < 4.78 is 26.4. The third kappa shape index (κ3) is 3.25. The second-order valence-electron chi connectivity index (χ2n) is 5.82. The second kappa shape index (κ2) is 8.16. The van der Waals surface area contributed by atoms with Crippen molar-refractivity contribution in [2.75, 3.05) is 35.0 Å². The number of carbonyl (C=O) groups excluding carboxylic acids is 2. The Morgan fingerprint density at radius 1 is 1.07 bits per heavy atom. The summed E-state index contributed by atoms with van der Waals surface area (Å²) >= 11 is 0. The van der Waals surface area contributed by atoms with Gasteiger partial charge in [0.2, 0.25) is 5.75 Å². The van der Waals surface area contributed by atoms with Crippen LogP contribution in [0, 0.1) is 0 Å². The predicted molar refractivity (Wildman–Crippen MR) is 99.2 cm³/mol. The highest BCUT2D eigenvalue weighted by Crippen LogP contribution is 2.54. The van der Waals surface area contributed by atoms with Gasteiger partial charge in [0, 0.05) is 17.1 Å². The Hall–Kier alpha value is -2.96. The molecule has 1 unspecified atom stereocenters. The molecular weight excluding hydrogens is 352 g/mol. The molecule has 2 rings (SSSR count). The predicted octanol–water partition coefficient (Wildman–Crippen LogP) is 2.88. The van der Waals surface area contributed by atoms with E-state index in [4.69, 9.17) is 23.7 Å². The van der Waals surface area contributed by atoms with Crippen LogP contribution in [-0.2, 0) is 19.1 Å². The van der Waals surface area contributed by atoms with E-state index in [0.29, 0.717) is 39.5 Å². The maximum atomic E-state index is 12.7. The molecule has 0 fully saturated rings. The third-order valence-corrected chi connectivity index (χ3v) is 4.53. The molecule has 0 spiro atoms. The minimum atomic E-state index is -0.736. The Morgan fingerprint density at radius 2 is 1.70 bits per heavy atom. The van der Waals surface area contributed by atoms with Crippen molar-refractivity contribution in [1.82, 2.24) is 0 Å². The first kappa shape index (κ1) is 20.4. The zero-order chi connectivity index (χ0) is 20.3. The van der Waals surface area contributed by atoms with Crippen molar-refractivity contribution in [3.63, 3.8) is 0 Å². The molecule has 0 N–H and O–H groups in total. The average molecular weight is 376 g/mol. The number of fused-ring (bicyclic) bond motifs is 1. The van der Waals surface area contributed by atoms with Crippen LogP contribution in [0.5, 0.6) is 17.2 Å². The number of benzene rings is 1. The highest BCUT2D eigenvalue weighted by Gasteiger charge is 2.41. The number of esters is 2. The molecule has 0 bridgehead atoms. The summed E-state index contributed by atoms with van der Waals surface area (Å²) in [5.74, 6) is -0.664. The number of hydrogen-bond donors (Lipinski definition) is 0. The molecule has 1 aliphatic carbocycles. The van der Waals surface area contributed by atoms with Gasteiger partial charge in [-0.25, -0.2) is 9.59 Å². The van der Waals surface area contributed by atoms with Gasteiger partial charge >= 0.3 is 11.9 Å². The van der Waals surface area contributed by atoms with Crippen LogP contribution in [-0.4, -0.2) is 47.0 Å². The summed E-state index contributed by atoms with van der Waals surface area (Å²) in [5.41, 5.74) is 2.34. The summed E-state index contributed by atoms with van der Waals surface area (Å²) in [6, 6.07) is 1.71.